The molecule has 1 aromatic carbocycles. The number of fused-ring (bicyclic) bond motifs is 1. The Kier molecular flexibility index (Phi) is 3.46. The molecule has 2 aromatic rings. The number of ether oxygens (including phenoxy) is 1. The molecule has 0 bridgehead atoms. The third-order valence-corrected chi connectivity index (χ3v) is 3.58. The highest BCUT2D eigenvalue weighted by Crippen LogP contribution is 2.26. The maximum absolute atomic E-state index is 11.9. The molecule has 2 heterocycles. The molecule has 1 fully saturated rings. The Morgan fingerprint density at radius 2 is 2.00 bits per heavy atom. The fourth-order valence-electron chi connectivity index (χ4n) is 2.42. The molecular formula is C15H18N4O4. The van der Waals surface area contributed by atoms with Crippen LogP contribution in [-0.2, 0) is 4.74 Å². The summed E-state index contributed by atoms with van der Waals surface area (Å²) in [6.45, 7) is 6.39. The highest BCUT2D eigenvalue weighted by Gasteiger charge is 2.36. The Morgan fingerprint density at radius 3 is 2.61 bits per heavy atom. The minimum absolute atomic E-state index is 0.0310. The summed E-state index contributed by atoms with van der Waals surface area (Å²) in [6.07, 6.45) is -0.357. The van der Waals surface area contributed by atoms with Crippen LogP contribution in [0.5, 0.6) is 0 Å². The molecule has 0 unspecified atom stereocenters. The number of carbonyl (C=O) groups is 2. The first-order valence-corrected chi connectivity index (χ1v) is 7.31. The molecular weight excluding hydrogens is 300 g/mol. The van der Waals surface area contributed by atoms with Crippen molar-refractivity contribution < 1.29 is 19.4 Å². The van der Waals surface area contributed by atoms with E-state index in [4.69, 9.17) is 9.84 Å². The highest BCUT2D eigenvalue weighted by molar-refractivity contribution is 5.92. The van der Waals surface area contributed by atoms with Crippen molar-refractivity contribution in [3.63, 3.8) is 0 Å². The second kappa shape index (κ2) is 5.22. The number of hydrogen-bond acceptors (Lipinski definition) is 5. The lowest BCUT2D eigenvalue weighted by atomic mass is 10.1. The average Bonchev–Trinajstić information content (AvgIpc) is 2.78. The molecule has 1 aliphatic heterocycles. The van der Waals surface area contributed by atoms with Crippen LogP contribution in [0.4, 0.5) is 4.79 Å². The lowest BCUT2D eigenvalue weighted by Gasteiger charge is -2.39. The van der Waals surface area contributed by atoms with Crippen LogP contribution in [0.15, 0.2) is 18.2 Å². The van der Waals surface area contributed by atoms with Gasteiger partial charge in [-0.25, -0.2) is 14.3 Å². The zero-order valence-electron chi connectivity index (χ0n) is 13.2. The first kappa shape index (κ1) is 15.3. The molecule has 0 aliphatic carbocycles. The van der Waals surface area contributed by atoms with Gasteiger partial charge in [0.05, 0.1) is 17.1 Å². The van der Waals surface area contributed by atoms with E-state index in [2.05, 4.69) is 10.3 Å². The van der Waals surface area contributed by atoms with E-state index < -0.39 is 11.6 Å². The van der Waals surface area contributed by atoms with Crippen molar-refractivity contribution in [1.82, 2.24) is 19.9 Å². The second-order valence-electron chi connectivity index (χ2n) is 6.58. The van der Waals surface area contributed by atoms with Gasteiger partial charge in [-0.3, -0.25) is 0 Å². The van der Waals surface area contributed by atoms with Crippen LogP contribution in [0.1, 0.15) is 37.2 Å². The molecule has 0 radical (unpaired) electrons. The van der Waals surface area contributed by atoms with Crippen LogP contribution < -0.4 is 0 Å². The second-order valence-corrected chi connectivity index (χ2v) is 6.58. The summed E-state index contributed by atoms with van der Waals surface area (Å²) in [7, 11) is 0. The number of carbonyl (C=O) groups excluding carboxylic acids is 1. The number of rotatable bonds is 2. The summed E-state index contributed by atoms with van der Waals surface area (Å²) >= 11 is 0. The summed E-state index contributed by atoms with van der Waals surface area (Å²) in [5, 5.41) is 17.2. The van der Waals surface area contributed by atoms with Crippen molar-refractivity contribution in [2.75, 3.05) is 13.1 Å². The molecule has 122 valence electrons. The van der Waals surface area contributed by atoms with Gasteiger partial charge >= 0.3 is 12.1 Å². The first-order valence-electron chi connectivity index (χ1n) is 7.31. The molecule has 23 heavy (non-hydrogen) atoms. The van der Waals surface area contributed by atoms with E-state index in [1.807, 2.05) is 20.8 Å². The third kappa shape index (κ3) is 2.96. The van der Waals surface area contributed by atoms with Crippen LogP contribution in [0.25, 0.3) is 11.0 Å². The number of likely N-dealkylation sites (tertiary alicyclic amines) is 1. The van der Waals surface area contributed by atoms with Crippen LogP contribution in [0.2, 0.25) is 0 Å². The molecule has 8 nitrogen and oxygen atoms in total. The molecule has 1 N–H and O–H groups in total. The van der Waals surface area contributed by atoms with E-state index in [1.54, 1.807) is 21.7 Å². The van der Waals surface area contributed by atoms with Gasteiger partial charge < -0.3 is 14.7 Å². The van der Waals surface area contributed by atoms with Gasteiger partial charge in [-0.15, -0.1) is 5.10 Å². The first-order chi connectivity index (χ1) is 10.7. The topological polar surface area (TPSA) is 97.5 Å². The molecule has 1 aliphatic rings. The van der Waals surface area contributed by atoms with E-state index in [-0.39, 0.29) is 17.7 Å². The lowest BCUT2D eigenvalue weighted by Crippen LogP contribution is -2.52. The zero-order valence-corrected chi connectivity index (χ0v) is 13.2. The van der Waals surface area contributed by atoms with E-state index in [0.717, 1.165) is 0 Å². The number of carboxylic acid groups (broad SMARTS) is 1. The molecule has 1 saturated heterocycles. The van der Waals surface area contributed by atoms with Gasteiger partial charge in [0.2, 0.25) is 0 Å². The maximum atomic E-state index is 11.9. The van der Waals surface area contributed by atoms with Crippen LogP contribution >= 0.6 is 0 Å². The number of amides is 1. The molecule has 1 aromatic heterocycles. The van der Waals surface area contributed by atoms with E-state index in [1.165, 1.54) is 6.07 Å². The fraction of sp³-hybridized carbons (Fsp3) is 0.467. The smallest absolute Gasteiger partial charge is 0.410 e. The summed E-state index contributed by atoms with van der Waals surface area (Å²) in [5.41, 5.74) is 0.937. The normalized spacial score (nSPS) is 15.5. The highest BCUT2D eigenvalue weighted by atomic mass is 16.6. The number of aromatic nitrogens is 3. The molecule has 0 atom stereocenters. The molecule has 1 amide bonds. The van der Waals surface area contributed by atoms with Crippen LogP contribution in [0, 0.1) is 0 Å². The van der Waals surface area contributed by atoms with Gasteiger partial charge in [-0.2, -0.15) is 0 Å². The minimum Gasteiger partial charge on any atom is -0.478 e. The zero-order chi connectivity index (χ0) is 16.8. The van der Waals surface area contributed by atoms with Crippen molar-refractivity contribution >= 4 is 23.1 Å². The van der Waals surface area contributed by atoms with Crippen molar-refractivity contribution in [2.24, 2.45) is 0 Å². The Labute approximate surface area is 132 Å². The standard InChI is InChI=1S/C15H18N4O4/c1-15(2,3)23-14(22)18-7-10(8-18)19-12-6-9(13(20)21)4-5-11(12)16-17-19/h4-6,10H,7-8H2,1-3H3,(H,20,21). The largest absolute Gasteiger partial charge is 0.478 e. The Bertz CT molecular complexity index is 771. The molecule has 8 heteroatoms. The minimum atomic E-state index is -0.997. The summed E-state index contributed by atoms with van der Waals surface area (Å²) in [5.74, 6) is -0.997. The Morgan fingerprint density at radius 1 is 1.30 bits per heavy atom. The number of carboxylic acids is 1. The fourth-order valence-corrected chi connectivity index (χ4v) is 2.42. The lowest BCUT2D eigenvalue weighted by molar-refractivity contribution is -0.0000782. The van der Waals surface area contributed by atoms with Gasteiger partial charge in [-0.05, 0) is 39.0 Å². The summed E-state index contributed by atoms with van der Waals surface area (Å²) in [6, 6.07) is 4.65. The van der Waals surface area contributed by atoms with Gasteiger partial charge in [-0.1, -0.05) is 5.21 Å². The number of aromatic carboxylic acids is 1. The SMILES string of the molecule is CC(C)(C)OC(=O)N1CC(n2nnc3ccc(C(=O)O)cc32)C1. The summed E-state index contributed by atoms with van der Waals surface area (Å²) in [4.78, 5) is 24.6. The maximum Gasteiger partial charge on any atom is 0.410 e. The average molecular weight is 318 g/mol. The van der Waals surface area contributed by atoms with E-state index in [9.17, 15) is 9.59 Å². The predicted octanol–water partition coefficient (Wildman–Crippen LogP) is 1.92. The van der Waals surface area contributed by atoms with Crippen molar-refractivity contribution in [3.05, 3.63) is 23.8 Å². The van der Waals surface area contributed by atoms with Crippen LogP contribution in [0.3, 0.4) is 0 Å². The van der Waals surface area contributed by atoms with Gasteiger partial charge in [0.25, 0.3) is 0 Å². The third-order valence-electron chi connectivity index (χ3n) is 3.58. The number of hydrogen-bond donors (Lipinski definition) is 1. The van der Waals surface area contributed by atoms with Gasteiger partial charge in [0.15, 0.2) is 0 Å². The van der Waals surface area contributed by atoms with E-state index >= 15 is 0 Å². The predicted molar refractivity (Wildman–Crippen MR) is 81.3 cm³/mol. The Balaban J connectivity index is 1.75. The quantitative estimate of drug-likeness (QED) is 0.908. The van der Waals surface area contributed by atoms with Crippen molar-refractivity contribution in [1.29, 1.82) is 0 Å². The van der Waals surface area contributed by atoms with Crippen LogP contribution in [-0.4, -0.2) is 55.8 Å². The molecule has 0 spiro atoms. The van der Waals surface area contributed by atoms with Gasteiger partial charge in [0, 0.05) is 13.1 Å². The van der Waals surface area contributed by atoms with Gasteiger partial charge in [0.1, 0.15) is 11.1 Å². The summed E-state index contributed by atoms with van der Waals surface area (Å²) < 4.78 is 6.98. The van der Waals surface area contributed by atoms with Crippen molar-refractivity contribution in [2.45, 2.75) is 32.4 Å². The monoisotopic (exact) mass is 318 g/mol. The van der Waals surface area contributed by atoms with E-state index in [0.29, 0.717) is 24.1 Å². The van der Waals surface area contributed by atoms with Crippen molar-refractivity contribution in [3.8, 4) is 0 Å². The Hall–Kier alpha value is -2.64. The molecule has 3 rings (SSSR count). The number of nitrogens with zero attached hydrogens (tertiary/aromatic N) is 4. The molecule has 0 saturated carbocycles. The number of benzene rings is 1.